The van der Waals surface area contributed by atoms with Crippen molar-refractivity contribution < 1.29 is 9.22 Å². The van der Waals surface area contributed by atoms with Gasteiger partial charge in [-0.15, -0.1) is 0 Å². The van der Waals surface area contributed by atoms with E-state index in [9.17, 15) is 4.79 Å². The maximum Gasteiger partial charge on any atom is 0.205 e. The number of carbonyl (C=O) groups is 1. The maximum absolute atomic E-state index is 12.3. The van der Waals surface area contributed by atoms with Crippen molar-refractivity contribution in [2.75, 3.05) is 14.1 Å². The average molecular weight is 321 g/mol. The van der Waals surface area contributed by atoms with Crippen LogP contribution in [0.25, 0.3) is 0 Å². The number of hydrogen-bond acceptors (Lipinski definition) is 4. The molecule has 0 aliphatic carbocycles. The standard InChI is InChI=1S/C17H28N2O2Si/c1-17(2,3)22(6,7)21-13-14-9-8-11-18-16(14)15(20)10-12-19(4)5/h8-12H,13H2,1-7H3. The van der Waals surface area contributed by atoms with Gasteiger partial charge in [-0.2, -0.15) is 0 Å². The molecule has 0 radical (unpaired) electrons. The SMILES string of the molecule is CN(C)C=CC(=O)c1ncccc1CO[Si](C)(C)C(C)(C)C. The van der Waals surface area contributed by atoms with Gasteiger partial charge in [-0.05, 0) is 24.2 Å². The summed E-state index contributed by atoms with van der Waals surface area (Å²) in [5.74, 6) is -0.0943. The number of ketones is 1. The fraction of sp³-hybridized carbons (Fsp3) is 0.529. The van der Waals surface area contributed by atoms with Crippen molar-refractivity contribution in [3.05, 3.63) is 41.9 Å². The normalized spacial score (nSPS) is 12.7. The molecule has 0 aliphatic heterocycles. The Morgan fingerprint density at radius 3 is 2.55 bits per heavy atom. The van der Waals surface area contributed by atoms with Crippen molar-refractivity contribution in [2.45, 2.75) is 45.5 Å². The Hall–Kier alpha value is -1.46. The Kier molecular flexibility index (Phi) is 6.08. The zero-order valence-corrected chi connectivity index (χ0v) is 15.8. The van der Waals surface area contributed by atoms with Crippen LogP contribution in [0.4, 0.5) is 0 Å². The largest absolute Gasteiger partial charge is 0.412 e. The van der Waals surface area contributed by atoms with Crippen LogP contribution >= 0.6 is 0 Å². The van der Waals surface area contributed by atoms with Crippen LogP contribution in [-0.4, -0.2) is 38.1 Å². The van der Waals surface area contributed by atoms with Crippen molar-refractivity contribution in [3.63, 3.8) is 0 Å². The summed E-state index contributed by atoms with van der Waals surface area (Å²) in [7, 11) is 1.91. The summed E-state index contributed by atoms with van der Waals surface area (Å²) in [6, 6.07) is 3.76. The lowest BCUT2D eigenvalue weighted by Gasteiger charge is -2.36. The first-order chi connectivity index (χ1) is 10.0. The molecule has 122 valence electrons. The van der Waals surface area contributed by atoms with Gasteiger partial charge in [0.1, 0.15) is 5.69 Å². The monoisotopic (exact) mass is 320 g/mol. The molecule has 0 saturated carbocycles. The van der Waals surface area contributed by atoms with Gasteiger partial charge >= 0.3 is 0 Å². The van der Waals surface area contributed by atoms with Gasteiger partial charge in [0.05, 0.1) is 6.61 Å². The van der Waals surface area contributed by atoms with Crippen molar-refractivity contribution in [1.82, 2.24) is 9.88 Å². The van der Waals surface area contributed by atoms with E-state index in [1.807, 2.05) is 31.1 Å². The van der Waals surface area contributed by atoms with Crippen LogP contribution in [0.1, 0.15) is 36.8 Å². The maximum atomic E-state index is 12.3. The number of aromatic nitrogens is 1. The van der Waals surface area contributed by atoms with Crippen LogP contribution in [0.15, 0.2) is 30.6 Å². The molecule has 0 aromatic carbocycles. The molecule has 0 N–H and O–H groups in total. The highest BCUT2D eigenvalue weighted by molar-refractivity contribution is 6.74. The van der Waals surface area contributed by atoms with Gasteiger partial charge in [0.2, 0.25) is 5.78 Å². The van der Waals surface area contributed by atoms with Crippen molar-refractivity contribution in [3.8, 4) is 0 Å². The van der Waals surface area contributed by atoms with Crippen LogP contribution in [0.3, 0.4) is 0 Å². The quantitative estimate of drug-likeness (QED) is 0.453. The lowest BCUT2D eigenvalue weighted by atomic mass is 10.1. The molecular formula is C17H28N2O2Si. The third kappa shape index (κ3) is 5.07. The second-order valence-corrected chi connectivity index (χ2v) is 12.0. The molecule has 0 unspecified atom stereocenters. The second-order valence-electron chi connectivity index (χ2n) is 7.20. The minimum Gasteiger partial charge on any atom is -0.412 e. The Bertz CT molecular complexity index is 546. The lowest BCUT2D eigenvalue weighted by Crippen LogP contribution is -2.40. The summed E-state index contributed by atoms with van der Waals surface area (Å²) in [4.78, 5) is 18.3. The van der Waals surface area contributed by atoms with Gasteiger partial charge in [0.25, 0.3) is 0 Å². The van der Waals surface area contributed by atoms with Crippen LogP contribution in [-0.2, 0) is 11.0 Å². The minimum atomic E-state index is -1.85. The molecule has 1 aromatic heterocycles. The van der Waals surface area contributed by atoms with E-state index in [4.69, 9.17) is 4.43 Å². The zero-order chi connectivity index (χ0) is 17.0. The smallest absolute Gasteiger partial charge is 0.205 e. The van der Waals surface area contributed by atoms with Gasteiger partial charge in [-0.25, -0.2) is 0 Å². The van der Waals surface area contributed by atoms with Crippen LogP contribution in [0, 0.1) is 0 Å². The molecule has 22 heavy (non-hydrogen) atoms. The number of allylic oxidation sites excluding steroid dienone is 1. The van der Waals surface area contributed by atoms with Gasteiger partial charge in [0.15, 0.2) is 8.32 Å². The molecule has 0 aliphatic rings. The Morgan fingerprint density at radius 2 is 2.00 bits per heavy atom. The topological polar surface area (TPSA) is 42.4 Å². The fourth-order valence-electron chi connectivity index (χ4n) is 1.55. The molecular weight excluding hydrogens is 292 g/mol. The molecule has 5 heteroatoms. The van der Waals surface area contributed by atoms with Crippen LogP contribution < -0.4 is 0 Å². The van der Waals surface area contributed by atoms with E-state index in [0.29, 0.717) is 12.3 Å². The minimum absolute atomic E-state index is 0.0943. The summed E-state index contributed by atoms with van der Waals surface area (Å²) in [6.07, 6.45) is 4.92. The highest BCUT2D eigenvalue weighted by Gasteiger charge is 2.37. The van der Waals surface area contributed by atoms with Gasteiger partial charge < -0.3 is 9.33 Å². The summed E-state index contributed by atoms with van der Waals surface area (Å²) in [5, 5.41) is 0.143. The van der Waals surface area contributed by atoms with Gasteiger partial charge in [-0.1, -0.05) is 26.8 Å². The number of hydrogen-bond donors (Lipinski definition) is 0. The van der Waals surface area contributed by atoms with Crippen molar-refractivity contribution in [2.24, 2.45) is 0 Å². The van der Waals surface area contributed by atoms with E-state index in [1.165, 1.54) is 6.08 Å². The van der Waals surface area contributed by atoms with E-state index in [0.717, 1.165) is 5.56 Å². The number of rotatable bonds is 6. The Labute approximate surface area is 135 Å². The summed E-state index contributed by atoms with van der Waals surface area (Å²) in [5.41, 5.74) is 1.32. The summed E-state index contributed by atoms with van der Waals surface area (Å²) >= 11 is 0. The van der Waals surface area contributed by atoms with Gasteiger partial charge in [0, 0.05) is 38.1 Å². The van der Waals surface area contributed by atoms with Crippen LogP contribution in [0.5, 0.6) is 0 Å². The molecule has 0 amide bonds. The highest BCUT2D eigenvalue weighted by Crippen LogP contribution is 2.37. The van der Waals surface area contributed by atoms with Gasteiger partial charge in [-0.3, -0.25) is 9.78 Å². The Morgan fingerprint density at radius 1 is 1.36 bits per heavy atom. The molecule has 0 bridgehead atoms. The fourth-order valence-corrected chi connectivity index (χ4v) is 2.50. The van der Waals surface area contributed by atoms with E-state index < -0.39 is 8.32 Å². The molecule has 0 spiro atoms. The predicted octanol–water partition coefficient (Wildman–Crippen LogP) is 3.86. The first-order valence-corrected chi connectivity index (χ1v) is 10.4. The van der Waals surface area contributed by atoms with E-state index in [-0.39, 0.29) is 10.8 Å². The molecule has 1 heterocycles. The van der Waals surface area contributed by atoms with E-state index in [1.54, 1.807) is 12.4 Å². The Balaban J connectivity index is 2.92. The van der Waals surface area contributed by atoms with Crippen molar-refractivity contribution in [1.29, 1.82) is 0 Å². The molecule has 1 aromatic rings. The zero-order valence-electron chi connectivity index (χ0n) is 14.8. The number of pyridine rings is 1. The first-order valence-electron chi connectivity index (χ1n) is 7.51. The number of carbonyl (C=O) groups excluding carboxylic acids is 1. The number of nitrogens with zero attached hydrogens (tertiary/aromatic N) is 2. The summed E-state index contributed by atoms with van der Waals surface area (Å²) in [6.45, 7) is 11.5. The third-order valence-electron chi connectivity index (χ3n) is 4.04. The third-order valence-corrected chi connectivity index (χ3v) is 8.52. The predicted molar refractivity (Wildman–Crippen MR) is 93.4 cm³/mol. The molecule has 0 fully saturated rings. The second kappa shape index (κ2) is 7.20. The molecule has 1 rings (SSSR count). The average Bonchev–Trinajstić information content (AvgIpc) is 2.41. The van der Waals surface area contributed by atoms with E-state index >= 15 is 0 Å². The van der Waals surface area contributed by atoms with Crippen LogP contribution in [0.2, 0.25) is 18.1 Å². The molecule has 0 atom stereocenters. The highest BCUT2D eigenvalue weighted by atomic mass is 28.4. The molecule has 4 nitrogen and oxygen atoms in total. The molecule has 0 saturated heterocycles. The van der Waals surface area contributed by atoms with Crippen molar-refractivity contribution >= 4 is 14.1 Å². The summed E-state index contributed by atoms with van der Waals surface area (Å²) < 4.78 is 6.21. The van der Waals surface area contributed by atoms with E-state index in [2.05, 4.69) is 38.8 Å². The lowest BCUT2D eigenvalue weighted by molar-refractivity contribution is 0.103. The first kappa shape index (κ1) is 18.6.